The van der Waals surface area contributed by atoms with Gasteiger partial charge < -0.3 is 15.4 Å². The predicted octanol–water partition coefficient (Wildman–Crippen LogP) is 4.53. The molecule has 2 fully saturated rings. The zero-order valence-corrected chi connectivity index (χ0v) is 19.5. The fourth-order valence-corrected chi connectivity index (χ4v) is 4.72. The zero-order chi connectivity index (χ0) is 22.3. The molecule has 0 unspecified atom stereocenters. The van der Waals surface area contributed by atoms with Crippen molar-refractivity contribution in [2.24, 2.45) is 11.8 Å². The van der Waals surface area contributed by atoms with E-state index in [1.54, 1.807) is 6.20 Å². The van der Waals surface area contributed by atoms with Crippen molar-refractivity contribution in [3.63, 3.8) is 0 Å². The number of ether oxygens (including phenoxy) is 1. The van der Waals surface area contributed by atoms with Gasteiger partial charge in [-0.05, 0) is 56.2 Å². The summed E-state index contributed by atoms with van der Waals surface area (Å²) in [5, 5.41) is 7.49. The molecule has 0 aliphatic carbocycles. The smallest absolute Gasteiger partial charge is 0.143 e. The molecule has 2 saturated heterocycles. The van der Waals surface area contributed by atoms with E-state index in [1.807, 2.05) is 24.3 Å². The molecular weight excluding hydrogens is 424 g/mol. The van der Waals surface area contributed by atoms with E-state index in [0.29, 0.717) is 23.4 Å². The number of ketones is 1. The molecule has 0 saturated carbocycles. The number of hydrogen-bond donors (Lipinski definition) is 2. The Morgan fingerprint density at radius 2 is 2.09 bits per heavy atom. The lowest BCUT2D eigenvalue weighted by atomic mass is 9.88. The van der Waals surface area contributed by atoms with Gasteiger partial charge in [-0.2, -0.15) is 0 Å². The summed E-state index contributed by atoms with van der Waals surface area (Å²) in [6, 6.07) is 8.35. The zero-order valence-electron chi connectivity index (χ0n) is 18.8. The van der Waals surface area contributed by atoms with Crippen molar-refractivity contribution in [1.29, 1.82) is 0 Å². The third-order valence-electron chi connectivity index (χ3n) is 6.67. The van der Waals surface area contributed by atoms with Crippen LogP contribution >= 0.6 is 11.6 Å². The molecule has 4 heterocycles. The van der Waals surface area contributed by atoms with Crippen molar-refractivity contribution >= 4 is 23.2 Å². The minimum Gasteiger partial charge on any atom is -0.381 e. The molecule has 0 spiro atoms. The van der Waals surface area contributed by atoms with Gasteiger partial charge in [0.1, 0.15) is 11.6 Å². The van der Waals surface area contributed by atoms with E-state index in [0.717, 1.165) is 81.2 Å². The maximum absolute atomic E-state index is 12.8. The van der Waals surface area contributed by atoms with Crippen LogP contribution in [0.15, 0.2) is 30.5 Å². The second-order valence-electron chi connectivity index (χ2n) is 8.93. The summed E-state index contributed by atoms with van der Waals surface area (Å²) in [5.74, 6) is 1.75. The predicted molar refractivity (Wildman–Crippen MR) is 128 cm³/mol. The van der Waals surface area contributed by atoms with Crippen molar-refractivity contribution < 1.29 is 9.53 Å². The summed E-state index contributed by atoms with van der Waals surface area (Å²) >= 11 is 6.47. The summed E-state index contributed by atoms with van der Waals surface area (Å²) in [7, 11) is 0. The van der Waals surface area contributed by atoms with Crippen LogP contribution in [0.2, 0.25) is 5.02 Å². The first kappa shape index (κ1) is 23.1. The van der Waals surface area contributed by atoms with Crippen LogP contribution in [0.3, 0.4) is 0 Å². The lowest BCUT2D eigenvalue weighted by Gasteiger charge is -2.28. The molecular formula is C25H33ClN4O2. The third kappa shape index (κ3) is 6.06. The molecule has 172 valence electrons. The van der Waals surface area contributed by atoms with Crippen LogP contribution in [0, 0.1) is 11.8 Å². The van der Waals surface area contributed by atoms with Gasteiger partial charge in [0, 0.05) is 62.1 Å². The number of piperidine rings is 1. The number of nitrogens with one attached hydrogen (secondary N) is 2. The normalized spacial score (nSPS) is 21.9. The van der Waals surface area contributed by atoms with Crippen molar-refractivity contribution in [3.8, 4) is 11.3 Å². The monoisotopic (exact) mass is 456 g/mol. The fraction of sp³-hybridized carbons (Fsp3) is 0.560. The van der Waals surface area contributed by atoms with Crippen molar-refractivity contribution in [1.82, 2.24) is 15.3 Å². The van der Waals surface area contributed by atoms with E-state index < -0.39 is 0 Å². The molecule has 2 aliphatic heterocycles. The van der Waals surface area contributed by atoms with Gasteiger partial charge in [-0.25, -0.2) is 4.98 Å². The van der Waals surface area contributed by atoms with Gasteiger partial charge in [0.25, 0.3) is 0 Å². The first-order chi connectivity index (χ1) is 15.6. The molecule has 2 N–H and O–H groups in total. The topological polar surface area (TPSA) is 76.1 Å². The molecule has 2 aromatic heterocycles. The number of anilines is 1. The Balaban J connectivity index is 1.41. The van der Waals surface area contributed by atoms with Crippen LogP contribution in [0.4, 0.5) is 5.82 Å². The summed E-state index contributed by atoms with van der Waals surface area (Å²) in [4.78, 5) is 22.0. The van der Waals surface area contributed by atoms with Gasteiger partial charge in [-0.1, -0.05) is 24.6 Å². The quantitative estimate of drug-likeness (QED) is 0.608. The van der Waals surface area contributed by atoms with Crippen LogP contribution in [-0.2, 0) is 16.0 Å². The SMILES string of the molecule is CC[C@@H]1CC[C@@H](C(=O)Cc2cc(-c3cccc(NCC4CCOCC4)n3)c(Cl)cn2)CN1. The van der Waals surface area contributed by atoms with Gasteiger partial charge in [0.15, 0.2) is 0 Å². The Bertz CT molecular complexity index is 909. The van der Waals surface area contributed by atoms with Gasteiger partial charge in [0.05, 0.1) is 10.7 Å². The fourth-order valence-electron chi connectivity index (χ4n) is 4.52. The van der Waals surface area contributed by atoms with Gasteiger partial charge in [-0.3, -0.25) is 9.78 Å². The summed E-state index contributed by atoms with van der Waals surface area (Å²) in [5.41, 5.74) is 2.34. The molecule has 7 heteroatoms. The maximum atomic E-state index is 12.8. The van der Waals surface area contributed by atoms with E-state index in [1.165, 1.54) is 0 Å². The van der Waals surface area contributed by atoms with Crippen LogP contribution < -0.4 is 10.6 Å². The van der Waals surface area contributed by atoms with E-state index in [2.05, 4.69) is 22.5 Å². The highest BCUT2D eigenvalue weighted by Gasteiger charge is 2.25. The molecule has 2 atom stereocenters. The second kappa shape index (κ2) is 11.2. The summed E-state index contributed by atoms with van der Waals surface area (Å²) < 4.78 is 5.44. The van der Waals surface area contributed by atoms with Crippen molar-refractivity contribution in [3.05, 3.63) is 41.2 Å². The third-order valence-corrected chi connectivity index (χ3v) is 6.97. The highest BCUT2D eigenvalue weighted by molar-refractivity contribution is 6.33. The molecule has 4 rings (SSSR count). The average Bonchev–Trinajstić information content (AvgIpc) is 2.85. The highest BCUT2D eigenvalue weighted by Crippen LogP contribution is 2.28. The van der Waals surface area contributed by atoms with Crippen LogP contribution in [-0.4, -0.2) is 48.1 Å². The van der Waals surface area contributed by atoms with Crippen LogP contribution in [0.1, 0.15) is 44.7 Å². The molecule has 0 aromatic carbocycles. The Hall–Kier alpha value is -2.02. The lowest BCUT2D eigenvalue weighted by Crippen LogP contribution is -2.41. The standard InChI is InChI=1S/C25H33ClN4O2/c1-2-19-7-6-18(15-27-19)24(31)13-20-12-21(22(26)16-28-20)23-4-3-5-25(30-23)29-14-17-8-10-32-11-9-17/h3-5,12,16-19,27H,2,6-11,13-15H2,1H3,(H,29,30)/t18-,19-/m1/s1. The number of aromatic nitrogens is 2. The van der Waals surface area contributed by atoms with Gasteiger partial charge in [0.2, 0.25) is 0 Å². The molecule has 6 nitrogen and oxygen atoms in total. The Labute approximate surface area is 195 Å². The summed E-state index contributed by atoms with van der Waals surface area (Å²) in [6.45, 7) is 5.51. The number of Topliss-reactive ketones (excluding diaryl/α,β-unsaturated/α-hetero) is 1. The highest BCUT2D eigenvalue weighted by atomic mass is 35.5. The van der Waals surface area contributed by atoms with E-state index in [4.69, 9.17) is 21.3 Å². The summed E-state index contributed by atoms with van der Waals surface area (Å²) in [6.07, 6.45) is 7.24. The number of nitrogens with zero attached hydrogens (tertiary/aromatic N) is 2. The first-order valence-electron chi connectivity index (χ1n) is 11.8. The van der Waals surface area contributed by atoms with Crippen LogP contribution in [0.25, 0.3) is 11.3 Å². The largest absolute Gasteiger partial charge is 0.381 e. The lowest BCUT2D eigenvalue weighted by molar-refractivity contribution is -0.122. The Kier molecular flexibility index (Phi) is 8.11. The van der Waals surface area contributed by atoms with Gasteiger partial charge >= 0.3 is 0 Å². The number of rotatable bonds is 8. The number of carbonyl (C=O) groups is 1. The minimum absolute atomic E-state index is 0.0644. The maximum Gasteiger partial charge on any atom is 0.143 e. The molecule has 2 aliphatic rings. The molecule has 0 bridgehead atoms. The number of hydrogen-bond acceptors (Lipinski definition) is 6. The molecule has 2 aromatic rings. The second-order valence-corrected chi connectivity index (χ2v) is 9.34. The van der Waals surface area contributed by atoms with Crippen LogP contribution in [0.5, 0.6) is 0 Å². The van der Waals surface area contributed by atoms with Crippen molar-refractivity contribution in [2.75, 3.05) is 31.6 Å². The van der Waals surface area contributed by atoms with E-state index in [-0.39, 0.29) is 11.7 Å². The van der Waals surface area contributed by atoms with E-state index in [9.17, 15) is 4.79 Å². The number of halogens is 1. The average molecular weight is 457 g/mol. The van der Waals surface area contributed by atoms with Gasteiger partial charge in [-0.15, -0.1) is 0 Å². The van der Waals surface area contributed by atoms with E-state index >= 15 is 0 Å². The Morgan fingerprint density at radius 1 is 1.25 bits per heavy atom. The molecule has 0 radical (unpaired) electrons. The Morgan fingerprint density at radius 3 is 2.84 bits per heavy atom. The molecule has 0 amide bonds. The number of pyridine rings is 2. The molecule has 32 heavy (non-hydrogen) atoms. The first-order valence-corrected chi connectivity index (χ1v) is 12.2. The minimum atomic E-state index is 0.0644. The number of carbonyl (C=O) groups excluding carboxylic acids is 1. The van der Waals surface area contributed by atoms with Crippen molar-refractivity contribution in [2.45, 2.75) is 51.5 Å².